The Bertz CT molecular complexity index is 262. The van der Waals surface area contributed by atoms with Gasteiger partial charge < -0.3 is 4.74 Å². The van der Waals surface area contributed by atoms with Crippen molar-refractivity contribution in [3.05, 3.63) is 0 Å². The summed E-state index contributed by atoms with van der Waals surface area (Å²) >= 11 is 0. The second-order valence-corrected chi connectivity index (χ2v) is 4.84. The van der Waals surface area contributed by atoms with Gasteiger partial charge in [0.25, 0.3) is 0 Å². The third-order valence-electron chi connectivity index (χ3n) is 2.93. The van der Waals surface area contributed by atoms with Crippen molar-refractivity contribution in [2.45, 2.75) is 50.7 Å². The Morgan fingerprint density at radius 2 is 1.47 bits per heavy atom. The second kappa shape index (κ2) is 6.27. The topological polar surface area (TPSA) is 47.3 Å². The van der Waals surface area contributed by atoms with Crippen LogP contribution in [0.5, 0.6) is 0 Å². The minimum absolute atomic E-state index is 0.00102. The normalized spacial score (nSPS) is 15.9. The van der Waals surface area contributed by atoms with Crippen molar-refractivity contribution in [2.24, 2.45) is 11.8 Å². The van der Waals surface area contributed by atoms with E-state index in [-0.39, 0.29) is 6.42 Å². The summed E-state index contributed by atoms with van der Waals surface area (Å²) in [7, 11) is 1.33. The highest BCUT2D eigenvalue weighted by molar-refractivity contribution is 4.87. The van der Waals surface area contributed by atoms with Crippen LogP contribution in [0.25, 0.3) is 0 Å². The minimum Gasteiger partial charge on any atom is -0.379 e. The summed E-state index contributed by atoms with van der Waals surface area (Å²) in [6.45, 7) is 3.13. The molecule has 1 atom stereocenters. The van der Waals surface area contributed by atoms with Crippen LogP contribution in [0, 0.1) is 5.92 Å². The molecule has 0 aliphatic rings. The smallest absolute Gasteiger partial charge is 0.379 e. The summed E-state index contributed by atoms with van der Waals surface area (Å²) in [6.07, 6.45) is -11.2. The first-order chi connectivity index (χ1) is 8.35. The maximum atomic E-state index is 12.5. The molecule has 19 heavy (non-hydrogen) atoms. The van der Waals surface area contributed by atoms with Crippen LogP contribution in [0.2, 0.25) is 0 Å². The Morgan fingerprint density at radius 3 is 1.74 bits per heavy atom. The van der Waals surface area contributed by atoms with E-state index in [1.807, 2.05) is 0 Å². The van der Waals surface area contributed by atoms with Gasteiger partial charge in [-0.05, 0) is 26.7 Å². The molecule has 3 N–H and O–H groups in total. The first kappa shape index (κ1) is 18.5. The molecule has 0 aromatic carbocycles. The lowest BCUT2D eigenvalue weighted by atomic mass is 9.90. The van der Waals surface area contributed by atoms with Crippen LogP contribution in [0.4, 0.5) is 26.3 Å². The zero-order valence-corrected chi connectivity index (χ0v) is 10.8. The molecule has 0 heterocycles. The van der Waals surface area contributed by atoms with Crippen LogP contribution in [0.15, 0.2) is 0 Å². The van der Waals surface area contributed by atoms with Gasteiger partial charge in [0.2, 0.25) is 0 Å². The van der Waals surface area contributed by atoms with E-state index in [2.05, 4.69) is 0 Å². The van der Waals surface area contributed by atoms with Crippen molar-refractivity contribution < 1.29 is 31.1 Å². The number of nitrogens with two attached hydrogens (primary N) is 1. The Labute approximate surface area is 107 Å². The van der Waals surface area contributed by atoms with Gasteiger partial charge in [-0.15, -0.1) is 0 Å². The van der Waals surface area contributed by atoms with Crippen molar-refractivity contribution in [2.75, 3.05) is 7.11 Å². The first-order valence-electron chi connectivity index (χ1n) is 5.50. The number of methoxy groups -OCH3 is 1. The molecule has 0 saturated heterocycles. The molecule has 9 heteroatoms. The Morgan fingerprint density at radius 1 is 1.05 bits per heavy atom. The molecule has 0 saturated carbocycles. The molecule has 0 aliphatic heterocycles. The molecule has 0 amide bonds. The maximum Gasteiger partial charge on any atom is 0.402 e. The van der Waals surface area contributed by atoms with Gasteiger partial charge in [0.1, 0.15) is 0 Å². The Kier molecular flexibility index (Phi) is 6.10. The van der Waals surface area contributed by atoms with Gasteiger partial charge in [-0.1, -0.05) is 0 Å². The molecule has 116 valence electrons. The van der Waals surface area contributed by atoms with Crippen molar-refractivity contribution in [3.8, 4) is 0 Å². The van der Waals surface area contributed by atoms with Crippen LogP contribution in [0.1, 0.15) is 26.7 Å². The van der Waals surface area contributed by atoms with E-state index in [0.717, 1.165) is 0 Å². The fourth-order valence-corrected chi connectivity index (χ4v) is 1.59. The monoisotopic (exact) mass is 296 g/mol. The number of ether oxygens (including phenoxy) is 1. The Balaban J connectivity index is 4.98. The molecule has 0 aromatic heterocycles. The number of rotatable bonds is 6. The largest absolute Gasteiger partial charge is 0.402 e. The van der Waals surface area contributed by atoms with Gasteiger partial charge in [-0.3, -0.25) is 11.3 Å². The molecule has 0 aromatic rings. The van der Waals surface area contributed by atoms with Crippen molar-refractivity contribution in [3.63, 3.8) is 0 Å². The van der Waals surface area contributed by atoms with E-state index < -0.39 is 36.3 Å². The summed E-state index contributed by atoms with van der Waals surface area (Å²) in [5.41, 5.74) is 0.794. The zero-order valence-electron chi connectivity index (χ0n) is 10.8. The van der Waals surface area contributed by atoms with E-state index in [0.29, 0.717) is 0 Å². The standard InChI is InChI=1S/C10H18F6N2O/c1-8(2,19-3)5-4-6(18-17)7(9(11,12)13)10(14,15)16/h6-7,18H,4-5,17H2,1-3H3. The predicted molar refractivity (Wildman–Crippen MR) is 57.0 cm³/mol. The third kappa shape index (κ3) is 5.96. The maximum absolute atomic E-state index is 12.5. The van der Waals surface area contributed by atoms with Crippen LogP contribution in [0.3, 0.4) is 0 Å². The molecular weight excluding hydrogens is 278 g/mol. The second-order valence-electron chi connectivity index (χ2n) is 4.84. The lowest BCUT2D eigenvalue weighted by Gasteiger charge is -2.32. The van der Waals surface area contributed by atoms with E-state index >= 15 is 0 Å². The van der Waals surface area contributed by atoms with E-state index in [4.69, 9.17) is 10.6 Å². The fraction of sp³-hybridized carbons (Fsp3) is 1.00. The van der Waals surface area contributed by atoms with Crippen LogP contribution in [-0.4, -0.2) is 31.1 Å². The summed E-state index contributed by atoms with van der Waals surface area (Å²) in [4.78, 5) is 0. The predicted octanol–water partition coefficient (Wildman–Crippen LogP) is 2.76. The first-order valence-corrected chi connectivity index (χ1v) is 5.50. The molecule has 0 fully saturated rings. The van der Waals surface area contributed by atoms with Gasteiger partial charge in [-0.25, -0.2) is 0 Å². The van der Waals surface area contributed by atoms with Gasteiger partial charge in [0.15, 0.2) is 5.92 Å². The minimum atomic E-state index is -5.41. The summed E-state index contributed by atoms with van der Waals surface area (Å²) in [5, 5.41) is 0. The number of hydrogen-bond donors (Lipinski definition) is 2. The van der Waals surface area contributed by atoms with Gasteiger partial charge in [-0.2, -0.15) is 26.3 Å². The number of nitrogens with one attached hydrogen (secondary N) is 1. The van der Waals surface area contributed by atoms with Gasteiger partial charge in [0, 0.05) is 13.2 Å². The molecular formula is C10H18F6N2O. The van der Waals surface area contributed by atoms with Crippen LogP contribution >= 0.6 is 0 Å². The molecule has 0 spiro atoms. The van der Waals surface area contributed by atoms with Crippen molar-refractivity contribution >= 4 is 0 Å². The zero-order chi connectivity index (χ0) is 15.5. The third-order valence-corrected chi connectivity index (χ3v) is 2.93. The number of halogens is 6. The molecule has 3 nitrogen and oxygen atoms in total. The van der Waals surface area contributed by atoms with E-state index in [1.54, 1.807) is 19.3 Å². The number of hydrazine groups is 1. The summed E-state index contributed by atoms with van der Waals surface area (Å²) in [6, 6.07) is -1.95. The van der Waals surface area contributed by atoms with Gasteiger partial charge in [0.05, 0.1) is 5.60 Å². The van der Waals surface area contributed by atoms with E-state index in [9.17, 15) is 26.3 Å². The molecule has 0 aliphatic carbocycles. The molecule has 0 rings (SSSR count). The average Bonchev–Trinajstić information content (AvgIpc) is 2.20. The SMILES string of the molecule is COC(C)(C)CCC(NN)C(C(F)(F)F)C(F)(F)F. The van der Waals surface area contributed by atoms with Crippen molar-refractivity contribution in [1.29, 1.82) is 0 Å². The average molecular weight is 296 g/mol. The molecule has 0 bridgehead atoms. The van der Waals surface area contributed by atoms with E-state index in [1.165, 1.54) is 7.11 Å². The lowest BCUT2D eigenvalue weighted by Crippen LogP contribution is -2.53. The molecule has 1 unspecified atom stereocenters. The highest BCUT2D eigenvalue weighted by atomic mass is 19.4. The Hall–Kier alpha value is -0.540. The number of hydrogen-bond acceptors (Lipinski definition) is 3. The number of alkyl halides is 6. The summed E-state index contributed by atoms with van der Waals surface area (Å²) in [5.74, 6) is 1.34. The lowest BCUT2D eigenvalue weighted by molar-refractivity contribution is -0.292. The van der Waals surface area contributed by atoms with Crippen LogP contribution in [-0.2, 0) is 4.74 Å². The quantitative estimate of drug-likeness (QED) is 0.450. The summed E-state index contributed by atoms with van der Waals surface area (Å²) < 4.78 is 80.0. The van der Waals surface area contributed by atoms with Crippen molar-refractivity contribution in [1.82, 2.24) is 5.43 Å². The highest BCUT2D eigenvalue weighted by Crippen LogP contribution is 2.42. The molecule has 0 radical (unpaired) electrons. The highest BCUT2D eigenvalue weighted by Gasteiger charge is 2.60. The van der Waals surface area contributed by atoms with Crippen LogP contribution < -0.4 is 11.3 Å². The fourth-order valence-electron chi connectivity index (χ4n) is 1.59. The van der Waals surface area contributed by atoms with Gasteiger partial charge >= 0.3 is 12.4 Å².